The van der Waals surface area contributed by atoms with Gasteiger partial charge < -0.3 is 5.11 Å². The molecule has 2 amide bonds. The summed E-state index contributed by atoms with van der Waals surface area (Å²) in [5.41, 5.74) is 0.256. The Morgan fingerprint density at radius 3 is 1.89 bits per heavy atom. The SMILES string of the molecule is CC(C)(C)N1C(=O)C2C3c4c(Cl)cccc4C(O)(c4cccc(Cl)c43)C2C1=O. The van der Waals surface area contributed by atoms with Crippen LogP contribution < -0.4 is 0 Å². The lowest BCUT2D eigenvalue weighted by Gasteiger charge is -2.51. The third kappa shape index (κ3) is 1.91. The molecule has 0 spiro atoms. The van der Waals surface area contributed by atoms with E-state index in [0.717, 1.165) is 0 Å². The summed E-state index contributed by atoms with van der Waals surface area (Å²) in [5, 5.41) is 13.0. The summed E-state index contributed by atoms with van der Waals surface area (Å²) in [6, 6.07) is 10.6. The Morgan fingerprint density at radius 1 is 0.929 bits per heavy atom. The molecule has 6 heteroatoms. The van der Waals surface area contributed by atoms with Crippen LogP contribution in [-0.2, 0) is 15.2 Å². The maximum atomic E-state index is 13.5. The van der Waals surface area contributed by atoms with Gasteiger partial charge in [0.1, 0.15) is 5.60 Å². The zero-order valence-corrected chi connectivity index (χ0v) is 17.2. The molecule has 2 atom stereocenters. The fourth-order valence-electron chi connectivity index (χ4n) is 5.48. The van der Waals surface area contributed by atoms with Crippen molar-refractivity contribution in [2.75, 3.05) is 0 Å². The Balaban J connectivity index is 1.89. The minimum atomic E-state index is -1.65. The lowest BCUT2D eigenvalue weighted by atomic mass is 9.52. The highest BCUT2D eigenvalue weighted by atomic mass is 35.5. The van der Waals surface area contributed by atoms with Crippen molar-refractivity contribution in [2.45, 2.75) is 37.8 Å². The number of halogens is 2. The van der Waals surface area contributed by atoms with E-state index in [9.17, 15) is 14.7 Å². The van der Waals surface area contributed by atoms with Crippen LogP contribution in [-0.4, -0.2) is 27.4 Å². The first kappa shape index (κ1) is 18.2. The highest BCUT2D eigenvalue weighted by molar-refractivity contribution is 6.33. The molecule has 4 nitrogen and oxygen atoms in total. The van der Waals surface area contributed by atoms with E-state index in [1.807, 2.05) is 20.8 Å². The molecule has 4 aliphatic rings. The number of hydrogen-bond acceptors (Lipinski definition) is 3. The molecule has 1 saturated heterocycles. The normalized spacial score (nSPS) is 30.4. The van der Waals surface area contributed by atoms with Gasteiger partial charge in [-0.2, -0.15) is 0 Å². The molecule has 0 radical (unpaired) electrons. The maximum absolute atomic E-state index is 13.5. The zero-order chi connectivity index (χ0) is 20.2. The number of aliphatic hydroxyl groups is 1. The molecule has 1 aliphatic heterocycles. The number of hydrogen-bond donors (Lipinski definition) is 1. The molecule has 28 heavy (non-hydrogen) atoms. The van der Waals surface area contributed by atoms with Crippen LogP contribution >= 0.6 is 23.2 Å². The van der Waals surface area contributed by atoms with Crippen LogP contribution in [0.1, 0.15) is 48.9 Å². The van der Waals surface area contributed by atoms with Gasteiger partial charge in [-0.25, -0.2) is 0 Å². The number of rotatable bonds is 0. The molecule has 1 fully saturated rings. The van der Waals surface area contributed by atoms with Gasteiger partial charge in [0.2, 0.25) is 11.8 Å². The molecule has 2 bridgehead atoms. The van der Waals surface area contributed by atoms with E-state index < -0.39 is 28.9 Å². The number of benzene rings is 2. The standard InChI is InChI=1S/C22H19Cl2NO3/c1-21(2,3)25-19(26)17-16-14-10(6-4-8-12(14)23)22(28,18(17)20(25)27)11-7-5-9-13(24)15(11)16/h4-9,16-18,28H,1-3H3. The second-order valence-corrected chi connectivity index (χ2v) is 9.65. The number of amides is 2. The summed E-state index contributed by atoms with van der Waals surface area (Å²) in [5.74, 6) is -2.69. The Morgan fingerprint density at radius 2 is 1.43 bits per heavy atom. The topological polar surface area (TPSA) is 57.6 Å². The van der Waals surface area contributed by atoms with Crippen molar-refractivity contribution in [3.05, 3.63) is 68.7 Å². The number of carbonyl (C=O) groups excluding carboxylic acids is 2. The Labute approximate surface area is 173 Å². The maximum Gasteiger partial charge on any atom is 0.237 e. The summed E-state index contributed by atoms with van der Waals surface area (Å²) < 4.78 is 0. The van der Waals surface area contributed by atoms with Crippen LogP contribution in [0.4, 0.5) is 0 Å². The van der Waals surface area contributed by atoms with Crippen LogP contribution in [0.3, 0.4) is 0 Å². The monoisotopic (exact) mass is 415 g/mol. The van der Waals surface area contributed by atoms with Gasteiger partial charge in [0.15, 0.2) is 0 Å². The zero-order valence-electron chi connectivity index (χ0n) is 15.7. The number of nitrogens with zero attached hydrogens (tertiary/aromatic N) is 1. The number of likely N-dealkylation sites (tertiary alicyclic amines) is 1. The first-order valence-electron chi connectivity index (χ1n) is 9.28. The average molecular weight is 416 g/mol. The summed E-state index contributed by atoms with van der Waals surface area (Å²) in [4.78, 5) is 28.2. The highest BCUT2D eigenvalue weighted by Gasteiger charge is 2.69. The lowest BCUT2D eigenvalue weighted by molar-refractivity contribution is -0.147. The van der Waals surface area contributed by atoms with Crippen molar-refractivity contribution in [3.8, 4) is 0 Å². The van der Waals surface area contributed by atoms with Gasteiger partial charge >= 0.3 is 0 Å². The third-order valence-corrected chi connectivity index (χ3v) is 7.04. The Bertz CT molecular complexity index is 1020. The predicted octanol–water partition coefficient (Wildman–Crippen LogP) is 4.09. The fraction of sp³-hybridized carbons (Fsp3) is 0.364. The van der Waals surface area contributed by atoms with E-state index in [-0.39, 0.29) is 11.8 Å². The van der Waals surface area contributed by atoms with Crippen LogP contribution in [0.5, 0.6) is 0 Å². The minimum Gasteiger partial charge on any atom is -0.379 e. The van der Waals surface area contributed by atoms with Crippen molar-refractivity contribution < 1.29 is 14.7 Å². The quantitative estimate of drug-likeness (QED) is 0.659. The number of imide groups is 1. The Kier molecular flexibility index (Phi) is 3.49. The number of carbonyl (C=O) groups is 2. The van der Waals surface area contributed by atoms with Gasteiger partial charge in [0, 0.05) is 21.5 Å². The third-order valence-electron chi connectivity index (χ3n) is 6.38. The van der Waals surface area contributed by atoms with Crippen molar-refractivity contribution >= 4 is 35.0 Å². The van der Waals surface area contributed by atoms with Gasteiger partial charge in [0.05, 0.1) is 11.8 Å². The van der Waals surface area contributed by atoms with E-state index in [1.165, 1.54) is 4.90 Å². The molecule has 2 aromatic rings. The van der Waals surface area contributed by atoms with E-state index in [4.69, 9.17) is 23.2 Å². The first-order chi connectivity index (χ1) is 13.1. The van der Waals surface area contributed by atoms with Gasteiger partial charge in [-0.15, -0.1) is 0 Å². The lowest BCUT2D eigenvalue weighted by Crippen LogP contribution is -2.54. The smallest absolute Gasteiger partial charge is 0.237 e. The second-order valence-electron chi connectivity index (χ2n) is 8.83. The largest absolute Gasteiger partial charge is 0.379 e. The molecule has 3 aliphatic carbocycles. The molecule has 144 valence electrons. The average Bonchev–Trinajstić information content (AvgIpc) is 2.88. The van der Waals surface area contributed by atoms with Crippen molar-refractivity contribution in [1.82, 2.24) is 4.90 Å². The van der Waals surface area contributed by atoms with Crippen LogP contribution in [0.2, 0.25) is 10.0 Å². The molecule has 2 aromatic carbocycles. The minimum absolute atomic E-state index is 0.276. The van der Waals surface area contributed by atoms with E-state index in [2.05, 4.69) is 0 Å². The second kappa shape index (κ2) is 5.38. The van der Waals surface area contributed by atoms with E-state index in [1.54, 1.807) is 36.4 Å². The highest BCUT2D eigenvalue weighted by Crippen LogP contribution is 2.65. The van der Waals surface area contributed by atoms with Gasteiger partial charge in [-0.3, -0.25) is 14.5 Å². The molecule has 2 unspecified atom stereocenters. The van der Waals surface area contributed by atoms with Crippen LogP contribution in [0, 0.1) is 11.8 Å². The van der Waals surface area contributed by atoms with Gasteiger partial charge in [-0.05, 0) is 55.2 Å². The van der Waals surface area contributed by atoms with Gasteiger partial charge in [-0.1, -0.05) is 47.5 Å². The van der Waals surface area contributed by atoms with E-state index in [0.29, 0.717) is 32.3 Å². The molecule has 6 rings (SSSR count). The van der Waals surface area contributed by atoms with Crippen LogP contribution in [0.25, 0.3) is 0 Å². The summed E-state index contributed by atoms with van der Waals surface area (Å²) >= 11 is 13.1. The summed E-state index contributed by atoms with van der Waals surface area (Å²) in [6.45, 7) is 5.48. The molecule has 1 heterocycles. The molecule has 0 saturated carbocycles. The summed E-state index contributed by atoms with van der Waals surface area (Å²) in [6.07, 6.45) is 0. The molecule has 1 N–H and O–H groups in total. The van der Waals surface area contributed by atoms with Crippen LogP contribution in [0.15, 0.2) is 36.4 Å². The molecule has 0 aromatic heterocycles. The predicted molar refractivity (Wildman–Crippen MR) is 106 cm³/mol. The molecular weight excluding hydrogens is 397 g/mol. The van der Waals surface area contributed by atoms with Gasteiger partial charge in [0.25, 0.3) is 0 Å². The van der Waals surface area contributed by atoms with Crippen molar-refractivity contribution in [1.29, 1.82) is 0 Å². The van der Waals surface area contributed by atoms with E-state index >= 15 is 0 Å². The first-order valence-corrected chi connectivity index (χ1v) is 10.0. The van der Waals surface area contributed by atoms with Crippen molar-refractivity contribution in [2.24, 2.45) is 11.8 Å². The molecular formula is C22H19Cl2NO3. The fourth-order valence-corrected chi connectivity index (χ4v) is 6.07. The Hall–Kier alpha value is -1.88. The summed E-state index contributed by atoms with van der Waals surface area (Å²) in [7, 11) is 0. The van der Waals surface area contributed by atoms with Crippen molar-refractivity contribution in [3.63, 3.8) is 0 Å².